The molecule has 2 heterocycles. The van der Waals surface area contributed by atoms with Gasteiger partial charge in [-0.3, -0.25) is 4.79 Å². The van der Waals surface area contributed by atoms with E-state index in [1.807, 2.05) is 11.0 Å². The standard InChI is InChI=1S/C8H12N2OS/c1-3-8(2)4-10-6(11)5(9)7(10)12-8/h3,5,7H,1,4,9H2,2H3. The lowest BCUT2D eigenvalue weighted by molar-refractivity contribution is -0.143. The van der Waals surface area contributed by atoms with Gasteiger partial charge in [-0.1, -0.05) is 6.08 Å². The number of carbonyl (C=O) groups excluding carboxylic acids is 1. The molecule has 3 nitrogen and oxygen atoms in total. The van der Waals surface area contributed by atoms with E-state index in [-0.39, 0.29) is 22.1 Å². The predicted molar refractivity (Wildman–Crippen MR) is 49.7 cm³/mol. The molecule has 0 bridgehead atoms. The van der Waals surface area contributed by atoms with Crippen LogP contribution >= 0.6 is 11.8 Å². The SMILES string of the molecule is C=CC1(C)CN2C(=O)C(N)C2S1. The molecule has 3 unspecified atom stereocenters. The largest absolute Gasteiger partial charge is 0.325 e. The number of hydrogen-bond acceptors (Lipinski definition) is 3. The Balaban J connectivity index is 2.17. The average Bonchev–Trinajstić information content (AvgIpc) is 2.41. The maximum Gasteiger partial charge on any atom is 0.243 e. The molecule has 66 valence electrons. The second kappa shape index (κ2) is 2.26. The fourth-order valence-electron chi connectivity index (χ4n) is 1.62. The molecule has 0 spiro atoms. The van der Waals surface area contributed by atoms with E-state index in [2.05, 4.69) is 13.5 Å². The fourth-order valence-corrected chi connectivity index (χ4v) is 3.05. The van der Waals surface area contributed by atoms with Crippen molar-refractivity contribution in [1.29, 1.82) is 0 Å². The molecule has 0 aromatic rings. The molecule has 0 saturated carbocycles. The number of nitrogens with two attached hydrogens (primary N) is 1. The van der Waals surface area contributed by atoms with Crippen molar-refractivity contribution in [3.8, 4) is 0 Å². The molecule has 0 aromatic carbocycles. The molecule has 2 N–H and O–H groups in total. The van der Waals surface area contributed by atoms with Crippen molar-refractivity contribution < 1.29 is 4.79 Å². The van der Waals surface area contributed by atoms with Crippen LogP contribution in [0.4, 0.5) is 0 Å². The first-order valence-electron chi connectivity index (χ1n) is 3.95. The molecule has 12 heavy (non-hydrogen) atoms. The van der Waals surface area contributed by atoms with Gasteiger partial charge in [0.25, 0.3) is 0 Å². The van der Waals surface area contributed by atoms with Gasteiger partial charge in [0.1, 0.15) is 11.4 Å². The molecule has 0 aromatic heterocycles. The zero-order valence-electron chi connectivity index (χ0n) is 6.99. The molecule has 1 amide bonds. The normalized spacial score (nSPS) is 45.5. The molecular formula is C8H12N2OS. The molecule has 2 aliphatic heterocycles. The summed E-state index contributed by atoms with van der Waals surface area (Å²) in [7, 11) is 0. The van der Waals surface area contributed by atoms with Gasteiger partial charge in [0, 0.05) is 6.54 Å². The van der Waals surface area contributed by atoms with Gasteiger partial charge in [0.05, 0.1) is 4.75 Å². The smallest absolute Gasteiger partial charge is 0.243 e. The Bertz CT molecular complexity index is 255. The lowest BCUT2D eigenvalue weighted by Crippen LogP contribution is -2.64. The molecule has 2 rings (SSSR count). The van der Waals surface area contributed by atoms with E-state index >= 15 is 0 Å². The molecule has 4 heteroatoms. The van der Waals surface area contributed by atoms with Crippen LogP contribution in [0.1, 0.15) is 6.92 Å². The van der Waals surface area contributed by atoms with Crippen molar-refractivity contribution in [2.24, 2.45) is 5.73 Å². The van der Waals surface area contributed by atoms with E-state index in [1.54, 1.807) is 11.8 Å². The highest BCUT2D eigenvalue weighted by Gasteiger charge is 2.54. The zero-order valence-corrected chi connectivity index (χ0v) is 7.80. The Kier molecular flexibility index (Phi) is 1.53. The summed E-state index contributed by atoms with van der Waals surface area (Å²) in [5.74, 6) is 0.0816. The van der Waals surface area contributed by atoms with Gasteiger partial charge in [0.2, 0.25) is 5.91 Å². The van der Waals surface area contributed by atoms with E-state index in [0.717, 1.165) is 6.54 Å². The summed E-state index contributed by atoms with van der Waals surface area (Å²) in [5, 5.41) is 0.195. The zero-order chi connectivity index (χ0) is 8.93. The van der Waals surface area contributed by atoms with Gasteiger partial charge >= 0.3 is 0 Å². The summed E-state index contributed by atoms with van der Waals surface area (Å²) >= 11 is 1.74. The Labute approximate surface area is 76.0 Å². The van der Waals surface area contributed by atoms with Gasteiger partial charge in [-0.05, 0) is 6.92 Å². The molecule has 2 aliphatic rings. The number of amides is 1. The minimum Gasteiger partial charge on any atom is -0.325 e. The van der Waals surface area contributed by atoms with Crippen molar-refractivity contribution in [2.75, 3.05) is 6.54 Å². The third-order valence-electron chi connectivity index (χ3n) is 2.49. The van der Waals surface area contributed by atoms with E-state index in [4.69, 9.17) is 5.73 Å². The number of β-lactam (4-membered cyclic amide) rings is 1. The predicted octanol–water partition coefficient (Wildman–Crippen LogP) is 0.174. The molecule has 3 atom stereocenters. The van der Waals surface area contributed by atoms with Gasteiger partial charge in [-0.15, -0.1) is 18.3 Å². The topological polar surface area (TPSA) is 46.3 Å². The molecule has 0 radical (unpaired) electrons. The summed E-state index contributed by atoms with van der Waals surface area (Å²) in [6.07, 6.45) is 1.90. The number of hydrogen-bond donors (Lipinski definition) is 1. The van der Waals surface area contributed by atoms with Gasteiger partial charge in [-0.25, -0.2) is 0 Å². The van der Waals surface area contributed by atoms with E-state index in [9.17, 15) is 4.79 Å². The lowest BCUT2D eigenvalue weighted by atomic mass is 10.1. The number of fused-ring (bicyclic) bond motifs is 1. The van der Waals surface area contributed by atoms with Crippen LogP contribution in [0.5, 0.6) is 0 Å². The third-order valence-corrected chi connectivity index (χ3v) is 4.11. The summed E-state index contributed by atoms with van der Waals surface area (Å²) in [5.41, 5.74) is 5.64. The van der Waals surface area contributed by atoms with Crippen LogP contribution < -0.4 is 5.73 Å². The highest BCUT2D eigenvalue weighted by Crippen LogP contribution is 2.46. The summed E-state index contributed by atoms with van der Waals surface area (Å²) in [6, 6.07) is -0.281. The number of nitrogens with zero attached hydrogens (tertiary/aromatic N) is 1. The van der Waals surface area contributed by atoms with Crippen LogP contribution in [0.3, 0.4) is 0 Å². The third kappa shape index (κ3) is 0.850. The second-order valence-corrected chi connectivity index (χ2v) is 5.17. The first-order chi connectivity index (χ1) is 5.57. The van der Waals surface area contributed by atoms with Gasteiger partial charge in [0.15, 0.2) is 0 Å². The first-order valence-corrected chi connectivity index (χ1v) is 4.83. The molecule has 2 fully saturated rings. The van der Waals surface area contributed by atoms with E-state index < -0.39 is 0 Å². The number of thioether (sulfide) groups is 1. The summed E-state index contributed by atoms with van der Waals surface area (Å²) < 4.78 is 0.00838. The Morgan fingerprint density at radius 1 is 1.92 bits per heavy atom. The fraction of sp³-hybridized carbons (Fsp3) is 0.625. The Morgan fingerprint density at radius 2 is 2.58 bits per heavy atom. The molecular weight excluding hydrogens is 172 g/mol. The van der Waals surface area contributed by atoms with Gasteiger partial charge < -0.3 is 10.6 Å². The summed E-state index contributed by atoms with van der Waals surface area (Å²) in [6.45, 7) is 6.61. The number of carbonyl (C=O) groups is 1. The van der Waals surface area contributed by atoms with Crippen LogP contribution in [0.15, 0.2) is 12.7 Å². The maximum atomic E-state index is 11.2. The van der Waals surface area contributed by atoms with Crippen molar-refractivity contribution >= 4 is 17.7 Å². The molecule has 2 saturated heterocycles. The highest BCUT2D eigenvalue weighted by atomic mass is 32.2. The lowest BCUT2D eigenvalue weighted by Gasteiger charge is -2.38. The number of rotatable bonds is 1. The van der Waals surface area contributed by atoms with Crippen molar-refractivity contribution in [1.82, 2.24) is 4.90 Å². The monoisotopic (exact) mass is 184 g/mol. The second-order valence-electron chi connectivity index (χ2n) is 3.52. The van der Waals surface area contributed by atoms with E-state index in [1.165, 1.54) is 0 Å². The highest BCUT2D eigenvalue weighted by molar-refractivity contribution is 8.01. The van der Waals surface area contributed by atoms with E-state index in [0.29, 0.717) is 0 Å². The van der Waals surface area contributed by atoms with Crippen LogP contribution in [-0.2, 0) is 4.79 Å². The minimum absolute atomic E-state index is 0.00838. The minimum atomic E-state index is -0.281. The summed E-state index contributed by atoms with van der Waals surface area (Å²) in [4.78, 5) is 13.0. The first kappa shape index (κ1) is 8.13. The quantitative estimate of drug-likeness (QED) is 0.467. The maximum absolute atomic E-state index is 11.2. The van der Waals surface area contributed by atoms with Crippen molar-refractivity contribution in [3.63, 3.8) is 0 Å². The van der Waals surface area contributed by atoms with Crippen LogP contribution in [0, 0.1) is 0 Å². The average molecular weight is 184 g/mol. The van der Waals surface area contributed by atoms with Crippen molar-refractivity contribution in [2.45, 2.75) is 23.1 Å². The molecule has 0 aliphatic carbocycles. The van der Waals surface area contributed by atoms with Crippen LogP contribution in [0.2, 0.25) is 0 Å². The Morgan fingerprint density at radius 3 is 3.08 bits per heavy atom. The van der Waals surface area contributed by atoms with Crippen molar-refractivity contribution in [3.05, 3.63) is 12.7 Å². The van der Waals surface area contributed by atoms with Gasteiger partial charge in [-0.2, -0.15) is 0 Å². The van der Waals surface area contributed by atoms with Crippen LogP contribution in [0.25, 0.3) is 0 Å². The van der Waals surface area contributed by atoms with Crippen LogP contribution in [-0.4, -0.2) is 33.5 Å². The Hall–Kier alpha value is -0.480.